The van der Waals surface area contributed by atoms with Gasteiger partial charge in [0.05, 0.1) is 24.6 Å². The second-order valence-corrected chi connectivity index (χ2v) is 19.4. The Kier molecular flexibility index (Phi) is 12.2. The Hall–Kier alpha value is -5.34. The summed E-state index contributed by atoms with van der Waals surface area (Å²) in [5.41, 5.74) is -4.55. The minimum absolute atomic E-state index is 0.0282. The summed E-state index contributed by atoms with van der Waals surface area (Å²) in [4.78, 5) is 72.9. The number of carbonyl (C=O) groups excluding carboxylic acids is 4. The highest BCUT2D eigenvalue weighted by Crippen LogP contribution is 2.48. The Morgan fingerprint density at radius 2 is 1.79 bits per heavy atom. The van der Waals surface area contributed by atoms with Crippen molar-refractivity contribution in [1.29, 1.82) is 0 Å². The van der Waals surface area contributed by atoms with Crippen molar-refractivity contribution in [2.75, 3.05) is 13.7 Å². The van der Waals surface area contributed by atoms with Gasteiger partial charge in [0.15, 0.2) is 5.75 Å². The summed E-state index contributed by atoms with van der Waals surface area (Å²) in [6.07, 6.45) is -2.11. The summed E-state index contributed by atoms with van der Waals surface area (Å²) in [5.74, 6) is -3.67. The van der Waals surface area contributed by atoms with Gasteiger partial charge < -0.3 is 39.6 Å². The highest BCUT2D eigenvalue weighted by Gasteiger charge is 2.63. The maximum Gasteiger partial charge on any atom is 0.514 e. The van der Waals surface area contributed by atoms with E-state index in [-0.39, 0.29) is 53.5 Å². The van der Waals surface area contributed by atoms with Crippen LogP contribution in [0.3, 0.4) is 0 Å². The first-order valence-electron chi connectivity index (χ1n) is 19.9. The Balaban J connectivity index is 1.33. The second-order valence-electron chi connectivity index (χ2n) is 17.2. The van der Waals surface area contributed by atoms with Crippen LogP contribution in [-0.2, 0) is 29.1 Å². The first-order chi connectivity index (χ1) is 28.4. The summed E-state index contributed by atoms with van der Waals surface area (Å²) in [6, 6.07) is 1.76. The van der Waals surface area contributed by atoms with Crippen molar-refractivity contribution < 1.29 is 69.6 Å². The monoisotopic (exact) mass is 881 g/mol. The lowest BCUT2D eigenvalue weighted by molar-refractivity contribution is -0.247. The van der Waals surface area contributed by atoms with Gasteiger partial charge in [-0.3, -0.25) is 19.1 Å². The molecule has 6 rings (SSSR count). The topological polar surface area (TPSA) is 229 Å². The number of aromatic nitrogens is 1. The number of alkyl halides is 3. The van der Waals surface area contributed by atoms with Gasteiger partial charge in [-0.2, -0.15) is 13.2 Å². The number of sulfonamides is 1. The number of pyridine rings is 1. The molecule has 1 aromatic carbocycles. The average molecular weight is 882 g/mol. The van der Waals surface area contributed by atoms with Gasteiger partial charge in [-0.05, 0) is 89.3 Å². The van der Waals surface area contributed by atoms with E-state index in [2.05, 4.69) is 25.1 Å². The molecular weight excluding hydrogens is 832 g/mol. The quantitative estimate of drug-likeness (QED) is 0.193. The SMILES string of the molecule is COc1ccc2c(O[C@@H]3C[C@H]4C(=O)N[C@]5(C(=O)NS(=O)(=O)C6(C)CC6)C[C@H]5/C=C\CC[C@@H](C)C[C@@H](C)[C@H](NC(=O)O)C(=O)N4C3)ncc(OC(=O)OC(C)(C)C(F)(F)F)c2c1. The van der Waals surface area contributed by atoms with Gasteiger partial charge in [0.25, 0.3) is 5.91 Å². The van der Waals surface area contributed by atoms with Crippen LogP contribution in [0.15, 0.2) is 36.5 Å². The molecule has 17 nitrogen and oxygen atoms in total. The number of hydrogen-bond acceptors (Lipinski definition) is 12. The highest BCUT2D eigenvalue weighted by molar-refractivity contribution is 7.91. The summed E-state index contributed by atoms with van der Waals surface area (Å²) in [5, 5.41) is 15.2. The Morgan fingerprint density at radius 3 is 2.43 bits per heavy atom. The maximum atomic E-state index is 14.5. The van der Waals surface area contributed by atoms with E-state index in [0.29, 0.717) is 46.0 Å². The lowest BCUT2D eigenvalue weighted by Crippen LogP contribution is -2.59. The lowest BCUT2D eigenvalue weighted by Gasteiger charge is -2.32. The molecule has 0 unspecified atom stereocenters. The van der Waals surface area contributed by atoms with E-state index in [4.69, 9.17) is 14.2 Å². The van der Waals surface area contributed by atoms with Crippen LogP contribution < -0.4 is 29.6 Å². The molecule has 2 aliphatic carbocycles. The van der Waals surface area contributed by atoms with Crippen LogP contribution >= 0.6 is 0 Å². The molecule has 0 bridgehead atoms. The van der Waals surface area contributed by atoms with E-state index in [9.17, 15) is 50.7 Å². The number of benzene rings is 1. The molecule has 4 aliphatic rings. The van der Waals surface area contributed by atoms with E-state index >= 15 is 0 Å². The number of amides is 4. The zero-order chi connectivity index (χ0) is 44.9. The van der Waals surface area contributed by atoms with E-state index < -0.39 is 92.1 Å². The van der Waals surface area contributed by atoms with Crippen molar-refractivity contribution in [2.45, 2.75) is 120 Å². The highest BCUT2D eigenvalue weighted by atomic mass is 32.2. The number of carbonyl (C=O) groups is 5. The van der Waals surface area contributed by atoms with Crippen molar-refractivity contribution in [2.24, 2.45) is 17.8 Å². The largest absolute Gasteiger partial charge is 0.514 e. The number of carboxylic acid groups (broad SMARTS) is 1. The molecule has 2 aliphatic heterocycles. The van der Waals surface area contributed by atoms with Crippen LogP contribution in [-0.4, -0.2) is 107 Å². The Morgan fingerprint density at radius 1 is 1.08 bits per heavy atom. The zero-order valence-corrected chi connectivity index (χ0v) is 35.3. The predicted octanol–water partition coefficient (Wildman–Crippen LogP) is 4.97. The predicted molar refractivity (Wildman–Crippen MR) is 210 cm³/mol. The molecule has 1 aromatic heterocycles. The molecule has 2 saturated carbocycles. The van der Waals surface area contributed by atoms with Crippen molar-refractivity contribution in [3.8, 4) is 17.4 Å². The molecule has 3 heterocycles. The normalized spacial score (nSPS) is 28.4. The van der Waals surface area contributed by atoms with Gasteiger partial charge in [0, 0.05) is 23.1 Å². The molecule has 4 N–H and O–H groups in total. The van der Waals surface area contributed by atoms with E-state index in [1.165, 1.54) is 37.1 Å². The standard InChI is InChI=1S/C40H50F3N5O12S/c1-21-9-7-8-10-23-18-39(23,34(51)47-61(55,56)38(5)13-14-38)46-31(49)28-17-25(20-48(28)33(50)30(22(2)15-21)45-35(52)53)58-32-26-12-11-24(57-6)16-27(26)29(19-44-32)59-36(54)60-37(3,4)40(41,42)43/h8,10-12,16,19,21-23,25,28,30,45H,7,9,13-15,17-18,20H2,1-6H3,(H,46,49)(H,47,51)(H,52,53)/b10-8-/t21-,22-,23-,25-,28+,30+,39-/m1/s1. The van der Waals surface area contributed by atoms with Crippen LogP contribution in [0.2, 0.25) is 0 Å². The van der Waals surface area contributed by atoms with Crippen molar-refractivity contribution in [3.05, 3.63) is 36.5 Å². The smallest absolute Gasteiger partial charge is 0.497 e. The van der Waals surface area contributed by atoms with E-state index in [1.54, 1.807) is 13.0 Å². The summed E-state index contributed by atoms with van der Waals surface area (Å²) in [6.45, 7) is 6.25. The zero-order valence-electron chi connectivity index (χ0n) is 34.5. The van der Waals surface area contributed by atoms with Crippen LogP contribution in [0, 0.1) is 17.8 Å². The van der Waals surface area contributed by atoms with Crippen LogP contribution in [0.25, 0.3) is 10.8 Å². The van der Waals surface area contributed by atoms with Gasteiger partial charge in [-0.25, -0.2) is 23.0 Å². The Labute approximate surface area is 350 Å². The maximum absolute atomic E-state index is 14.5. The number of methoxy groups -OCH3 is 1. The van der Waals surface area contributed by atoms with Crippen molar-refractivity contribution in [1.82, 2.24) is 25.2 Å². The molecule has 61 heavy (non-hydrogen) atoms. The average Bonchev–Trinajstić information content (AvgIpc) is 4.05. The summed E-state index contributed by atoms with van der Waals surface area (Å²) < 4.78 is 89.1. The number of allylic oxidation sites excluding steroid dienone is 1. The van der Waals surface area contributed by atoms with Crippen LogP contribution in [0.4, 0.5) is 22.8 Å². The third-order valence-corrected chi connectivity index (χ3v) is 14.2. The fraction of sp³-hybridized carbons (Fsp3) is 0.600. The van der Waals surface area contributed by atoms with Gasteiger partial charge in [-0.1, -0.05) is 26.0 Å². The number of nitrogens with one attached hydrogen (secondary N) is 3. The molecule has 3 fully saturated rings. The molecule has 2 aromatic rings. The first-order valence-corrected chi connectivity index (χ1v) is 21.3. The number of nitrogens with zero attached hydrogens (tertiary/aromatic N) is 2. The molecule has 0 spiro atoms. The summed E-state index contributed by atoms with van der Waals surface area (Å²) >= 11 is 0. The van der Waals surface area contributed by atoms with Gasteiger partial charge in [0.2, 0.25) is 33.3 Å². The van der Waals surface area contributed by atoms with Gasteiger partial charge >= 0.3 is 18.4 Å². The number of ether oxygens (including phenoxy) is 4. The number of halogens is 3. The molecule has 1 saturated heterocycles. The van der Waals surface area contributed by atoms with E-state index in [1.807, 2.05) is 13.0 Å². The fourth-order valence-electron chi connectivity index (χ4n) is 7.74. The molecule has 334 valence electrons. The van der Waals surface area contributed by atoms with Gasteiger partial charge in [-0.15, -0.1) is 0 Å². The first kappa shape index (κ1) is 45.2. The Bertz CT molecular complexity index is 2230. The second kappa shape index (κ2) is 16.5. The third kappa shape index (κ3) is 9.45. The third-order valence-electron chi connectivity index (χ3n) is 12.0. The lowest BCUT2D eigenvalue weighted by atomic mass is 9.88. The fourth-order valence-corrected chi connectivity index (χ4v) is 9.05. The molecule has 21 heteroatoms. The molecular formula is C40H50F3N5O12S. The van der Waals surface area contributed by atoms with E-state index in [0.717, 1.165) is 6.20 Å². The van der Waals surface area contributed by atoms with Crippen LogP contribution in [0.1, 0.15) is 79.6 Å². The minimum Gasteiger partial charge on any atom is -0.497 e. The van der Waals surface area contributed by atoms with Crippen molar-refractivity contribution >= 4 is 50.8 Å². The molecule has 0 radical (unpaired) electrons. The summed E-state index contributed by atoms with van der Waals surface area (Å²) in [7, 11) is -2.74. The van der Waals surface area contributed by atoms with Crippen molar-refractivity contribution in [3.63, 3.8) is 0 Å². The van der Waals surface area contributed by atoms with Crippen LogP contribution in [0.5, 0.6) is 17.4 Å². The number of fused-ring (bicyclic) bond motifs is 3. The van der Waals surface area contributed by atoms with Gasteiger partial charge in [0.1, 0.15) is 29.5 Å². The molecule has 7 atom stereocenters. The minimum atomic E-state index is -4.91. The number of rotatable bonds is 9. The molecule has 4 amide bonds. The number of hydrogen-bond donors (Lipinski definition) is 4.